The average molecular weight is 343 g/mol. The van der Waals surface area contributed by atoms with Crippen LogP contribution in [0, 0.1) is 0 Å². The molecule has 0 bridgehead atoms. The smallest absolute Gasteiger partial charge is 0.416 e. The molecule has 1 rings (SSSR count). The lowest BCUT2D eigenvalue weighted by Gasteiger charge is -2.14. The highest BCUT2D eigenvalue weighted by atomic mass is 19.4. The second-order valence-electron chi connectivity index (χ2n) is 4.59. The number of halogens is 6. The maximum Gasteiger partial charge on any atom is 0.416 e. The van der Waals surface area contributed by atoms with Crippen molar-refractivity contribution in [3.8, 4) is 0 Å². The first kappa shape index (κ1) is 18.8. The molecule has 0 saturated heterocycles. The number of rotatable bonds is 5. The molecule has 10 heteroatoms. The summed E-state index contributed by atoms with van der Waals surface area (Å²) in [6.07, 6.45) is -10.8. The molecule has 0 saturated carbocycles. The Labute approximate surface area is 126 Å². The van der Waals surface area contributed by atoms with E-state index >= 15 is 0 Å². The number of anilines is 1. The number of alkyl halides is 6. The predicted molar refractivity (Wildman–Crippen MR) is 66.6 cm³/mol. The number of carboxylic acid groups (broad SMARTS) is 1. The van der Waals surface area contributed by atoms with Crippen LogP contribution in [0.5, 0.6) is 0 Å². The normalized spacial score (nSPS) is 12.1. The molecule has 0 radical (unpaired) electrons. The first-order valence-electron chi connectivity index (χ1n) is 6.20. The molecule has 0 fully saturated rings. The van der Waals surface area contributed by atoms with Crippen LogP contribution in [-0.4, -0.2) is 17.0 Å². The Morgan fingerprint density at radius 2 is 1.39 bits per heavy atom. The predicted octanol–water partition coefficient (Wildman–Crippen LogP) is 3.92. The van der Waals surface area contributed by atoms with Gasteiger partial charge >= 0.3 is 18.3 Å². The average Bonchev–Trinajstić information content (AvgIpc) is 2.35. The van der Waals surface area contributed by atoms with Gasteiger partial charge in [0.2, 0.25) is 5.91 Å². The lowest BCUT2D eigenvalue weighted by atomic mass is 10.1. The summed E-state index contributed by atoms with van der Waals surface area (Å²) in [5.74, 6) is -2.05. The van der Waals surface area contributed by atoms with Crippen LogP contribution in [0.3, 0.4) is 0 Å². The number of amides is 1. The number of carboxylic acids is 1. The summed E-state index contributed by atoms with van der Waals surface area (Å²) in [6.45, 7) is 0. The third-order valence-electron chi connectivity index (χ3n) is 2.67. The van der Waals surface area contributed by atoms with Gasteiger partial charge in [0.05, 0.1) is 11.1 Å². The van der Waals surface area contributed by atoms with Crippen LogP contribution in [0.4, 0.5) is 32.0 Å². The van der Waals surface area contributed by atoms with E-state index in [2.05, 4.69) is 0 Å². The van der Waals surface area contributed by atoms with E-state index in [0.717, 1.165) is 0 Å². The SMILES string of the molecule is O=C(O)CCCC(=O)Nc1cc(C(F)(F)F)cc(C(F)(F)F)c1. The minimum absolute atomic E-state index is 0.0555. The number of aliphatic carboxylic acids is 1. The molecule has 0 atom stereocenters. The summed E-state index contributed by atoms with van der Waals surface area (Å²) in [5, 5.41) is 10.3. The fourth-order valence-electron chi connectivity index (χ4n) is 1.65. The van der Waals surface area contributed by atoms with Gasteiger partial charge in [-0.05, 0) is 24.6 Å². The summed E-state index contributed by atoms with van der Waals surface area (Å²) in [6, 6.07) is 0.703. The zero-order valence-corrected chi connectivity index (χ0v) is 11.4. The number of nitrogens with one attached hydrogen (secondary N) is 1. The van der Waals surface area contributed by atoms with Crippen molar-refractivity contribution >= 4 is 17.6 Å². The largest absolute Gasteiger partial charge is 0.481 e. The number of benzene rings is 1. The third kappa shape index (κ3) is 6.17. The molecule has 0 aliphatic rings. The van der Waals surface area contributed by atoms with Crippen LogP contribution >= 0.6 is 0 Å². The number of carbonyl (C=O) groups excluding carboxylic acids is 1. The quantitative estimate of drug-likeness (QED) is 0.797. The van der Waals surface area contributed by atoms with Gasteiger partial charge in [-0.15, -0.1) is 0 Å². The standard InChI is InChI=1S/C13H11F6NO3/c14-12(15,16)7-4-8(13(17,18)19)6-9(5-7)20-10(21)2-1-3-11(22)23/h4-6H,1-3H2,(H,20,21)(H,22,23). The zero-order chi connectivity index (χ0) is 17.8. The first-order chi connectivity index (χ1) is 10.4. The van der Waals surface area contributed by atoms with E-state index in [1.807, 2.05) is 5.32 Å². The van der Waals surface area contributed by atoms with Gasteiger partial charge in [-0.2, -0.15) is 26.3 Å². The molecule has 0 aliphatic heterocycles. The van der Waals surface area contributed by atoms with Gasteiger partial charge in [0.1, 0.15) is 0 Å². The van der Waals surface area contributed by atoms with Crippen molar-refractivity contribution < 1.29 is 41.0 Å². The minimum atomic E-state index is -5.01. The van der Waals surface area contributed by atoms with Crippen molar-refractivity contribution in [2.75, 3.05) is 5.32 Å². The van der Waals surface area contributed by atoms with Crippen molar-refractivity contribution in [3.05, 3.63) is 29.3 Å². The second kappa shape index (κ2) is 6.88. The molecular weight excluding hydrogens is 332 g/mol. The van der Waals surface area contributed by atoms with Gasteiger partial charge in [0.25, 0.3) is 0 Å². The Morgan fingerprint density at radius 1 is 0.913 bits per heavy atom. The second-order valence-corrected chi connectivity index (χ2v) is 4.59. The molecule has 0 heterocycles. The van der Waals surface area contributed by atoms with E-state index < -0.39 is 41.0 Å². The van der Waals surface area contributed by atoms with Crippen molar-refractivity contribution in [1.82, 2.24) is 0 Å². The number of carbonyl (C=O) groups is 2. The zero-order valence-electron chi connectivity index (χ0n) is 11.4. The van der Waals surface area contributed by atoms with Crippen LogP contribution in [0.2, 0.25) is 0 Å². The van der Waals surface area contributed by atoms with E-state index in [9.17, 15) is 35.9 Å². The van der Waals surface area contributed by atoms with Gasteiger partial charge < -0.3 is 10.4 Å². The van der Waals surface area contributed by atoms with E-state index in [1.54, 1.807) is 0 Å². The molecule has 0 aliphatic carbocycles. The molecule has 0 aromatic heterocycles. The lowest BCUT2D eigenvalue weighted by molar-refractivity contribution is -0.143. The molecule has 0 unspecified atom stereocenters. The van der Waals surface area contributed by atoms with E-state index in [1.165, 1.54) is 0 Å². The van der Waals surface area contributed by atoms with Crippen LogP contribution < -0.4 is 5.32 Å². The van der Waals surface area contributed by atoms with E-state index in [4.69, 9.17) is 5.11 Å². The lowest BCUT2D eigenvalue weighted by Crippen LogP contribution is -2.15. The van der Waals surface area contributed by atoms with Crippen LogP contribution in [-0.2, 0) is 21.9 Å². The molecule has 0 spiro atoms. The molecule has 4 nitrogen and oxygen atoms in total. The Balaban J connectivity index is 2.97. The maximum absolute atomic E-state index is 12.6. The number of hydrogen-bond donors (Lipinski definition) is 2. The van der Waals surface area contributed by atoms with Crippen molar-refractivity contribution in [2.24, 2.45) is 0 Å². The van der Waals surface area contributed by atoms with Gasteiger partial charge in [-0.1, -0.05) is 0 Å². The molecular formula is C13H11F6NO3. The fraction of sp³-hybridized carbons (Fsp3) is 0.385. The molecule has 1 aromatic rings. The Bertz CT molecular complexity index is 562. The van der Waals surface area contributed by atoms with Gasteiger partial charge in [-0.3, -0.25) is 9.59 Å². The summed E-state index contributed by atoms with van der Waals surface area (Å²) in [4.78, 5) is 21.7. The van der Waals surface area contributed by atoms with Crippen molar-refractivity contribution in [2.45, 2.75) is 31.6 Å². The monoisotopic (exact) mass is 343 g/mol. The molecule has 23 heavy (non-hydrogen) atoms. The van der Waals surface area contributed by atoms with Crippen molar-refractivity contribution in [1.29, 1.82) is 0 Å². The third-order valence-corrected chi connectivity index (χ3v) is 2.67. The molecule has 1 amide bonds. The highest BCUT2D eigenvalue weighted by Crippen LogP contribution is 2.37. The first-order valence-corrected chi connectivity index (χ1v) is 6.20. The maximum atomic E-state index is 12.6. The topological polar surface area (TPSA) is 66.4 Å². The van der Waals surface area contributed by atoms with Gasteiger partial charge in [0, 0.05) is 18.5 Å². The van der Waals surface area contributed by atoms with E-state index in [0.29, 0.717) is 12.1 Å². The van der Waals surface area contributed by atoms with Crippen molar-refractivity contribution in [3.63, 3.8) is 0 Å². The Kier molecular flexibility index (Phi) is 5.62. The van der Waals surface area contributed by atoms with E-state index in [-0.39, 0.29) is 25.3 Å². The highest BCUT2D eigenvalue weighted by molar-refractivity contribution is 5.91. The van der Waals surface area contributed by atoms with Gasteiger partial charge in [0.15, 0.2) is 0 Å². The highest BCUT2D eigenvalue weighted by Gasteiger charge is 2.37. The molecule has 2 N–H and O–H groups in total. The summed E-state index contributed by atoms with van der Waals surface area (Å²) in [5.41, 5.74) is -3.76. The van der Waals surface area contributed by atoms with Gasteiger partial charge in [-0.25, -0.2) is 0 Å². The van der Waals surface area contributed by atoms with Crippen LogP contribution in [0.1, 0.15) is 30.4 Å². The Morgan fingerprint density at radius 3 is 1.78 bits per heavy atom. The molecule has 1 aromatic carbocycles. The Hall–Kier alpha value is -2.26. The minimum Gasteiger partial charge on any atom is -0.481 e. The fourth-order valence-corrected chi connectivity index (χ4v) is 1.65. The summed E-state index contributed by atoms with van der Waals surface area (Å²) in [7, 11) is 0. The van der Waals surface area contributed by atoms with Crippen LogP contribution in [0.15, 0.2) is 18.2 Å². The van der Waals surface area contributed by atoms with Crippen LogP contribution in [0.25, 0.3) is 0 Å². The summed E-state index contributed by atoms with van der Waals surface area (Å²) >= 11 is 0. The summed E-state index contributed by atoms with van der Waals surface area (Å²) < 4.78 is 75.7. The number of hydrogen-bond acceptors (Lipinski definition) is 2. The molecule has 128 valence electrons.